The van der Waals surface area contributed by atoms with Gasteiger partial charge >= 0.3 is 0 Å². The van der Waals surface area contributed by atoms with E-state index < -0.39 is 0 Å². The molecule has 2 saturated carbocycles. The van der Waals surface area contributed by atoms with Crippen LogP contribution in [0.5, 0.6) is 0 Å². The van der Waals surface area contributed by atoms with Crippen LogP contribution in [-0.4, -0.2) is 17.1 Å². The molecule has 3 nitrogen and oxygen atoms in total. The highest BCUT2D eigenvalue weighted by atomic mass is 32.1. The lowest BCUT2D eigenvalue weighted by atomic mass is 9.91. The van der Waals surface area contributed by atoms with Gasteiger partial charge in [0.2, 0.25) is 0 Å². The molecule has 0 spiro atoms. The van der Waals surface area contributed by atoms with Crippen molar-refractivity contribution in [2.24, 2.45) is 0 Å². The molecule has 23 heavy (non-hydrogen) atoms. The fraction of sp³-hybridized carbons (Fsp3) is 0.842. The molecule has 1 heterocycles. The van der Waals surface area contributed by atoms with Crippen LogP contribution in [0.4, 0.5) is 5.13 Å². The maximum Gasteiger partial charge on any atom is 0.180 e. The van der Waals surface area contributed by atoms with E-state index in [4.69, 9.17) is 5.73 Å². The van der Waals surface area contributed by atoms with Gasteiger partial charge in [-0.25, -0.2) is 4.98 Å². The molecule has 4 rings (SSSR count). The summed E-state index contributed by atoms with van der Waals surface area (Å²) in [5.74, 6) is 0. The Morgan fingerprint density at radius 1 is 0.783 bits per heavy atom. The second-order valence-electron chi connectivity index (χ2n) is 7.47. The van der Waals surface area contributed by atoms with Gasteiger partial charge < -0.3 is 11.1 Å². The number of nitrogen functional groups attached to an aromatic ring is 1. The number of rotatable bonds is 2. The van der Waals surface area contributed by atoms with E-state index in [9.17, 15) is 0 Å². The monoisotopic (exact) mass is 335 g/mol. The summed E-state index contributed by atoms with van der Waals surface area (Å²) >= 11 is 1.66. The highest BCUT2D eigenvalue weighted by Gasteiger charge is 2.19. The minimum absolute atomic E-state index is 0.743. The van der Waals surface area contributed by atoms with Gasteiger partial charge in [-0.2, -0.15) is 0 Å². The maximum absolute atomic E-state index is 5.57. The van der Waals surface area contributed by atoms with Crippen LogP contribution in [0.2, 0.25) is 0 Å². The third kappa shape index (κ3) is 5.46. The molecule has 4 heteroatoms. The number of nitrogens with one attached hydrogen (secondary N) is 1. The van der Waals surface area contributed by atoms with E-state index in [1.165, 1.54) is 94.0 Å². The lowest BCUT2D eigenvalue weighted by Crippen LogP contribution is -2.40. The highest BCUT2D eigenvalue weighted by molar-refractivity contribution is 7.15. The largest absolute Gasteiger partial charge is 0.375 e. The molecule has 0 atom stereocenters. The molecule has 1 aromatic rings. The average Bonchev–Trinajstić information content (AvgIpc) is 2.97. The molecule has 0 aromatic carbocycles. The van der Waals surface area contributed by atoms with Crippen molar-refractivity contribution in [1.82, 2.24) is 10.3 Å². The van der Waals surface area contributed by atoms with Crippen LogP contribution >= 0.6 is 11.3 Å². The Kier molecular flexibility index (Phi) is 6.76. The van der Waals surface area contributed by atoms with Gasteiger partial charge in [0.25, 0.3) is 0 Å². The van der Waals surface area contributed by atoms with E-state index in [-0.39, 0.29) is 0 Å². The number of aromatic nitrogens is 1. The Balaban J connectivity index is 0.000000140. The number of hydrogen-bond acceptors (Lipinski definition) is 4. The van der Waals surface area contributed by atoms with E-state index in [0.717, 1.165) is 23.6 Å². The van der Waals surface area contributed by atoms with Gasteiger partial charge in [0.15, 0.2) is 5.13 Å². The normalized spacial score (nSPS) is 23.0. The molecule has 0 aliphatic heterocycles. The molecule has 2 fully saturated rings. The topological polar surface area (TPSA) is 50.9 Å². The third-order valence-electron chi connectivity index (χ3n) is 5.54. The van der Waals surface area contributed by atoms with Crippen LogP contribution in [0.3, 0.4) is 0 Å². The summed E-state index contributed by atoms with van der Waals surface area (Å²) < 4.78 is 0. The molecule has 130 valence electrons. The van der Waals surface area contributed by atoms with Crippen LogP contribution in [0, 0.1) is 0 Å². The number of hydrogen-bond donors (Lipinski definition) is 2. The van der Waals surface area contributed by atoms with Crippen molar-refractivity contribution in [3.05, 3.63) is 10.6 Å². The predicted molar refractivity (Wildman–Crippen MR) is 100 cm³/mol. The molecular formula is C19H33N3S. The summed E-state index contributed by atoms with van der Waals surface area (Å²) in [7, 11) is 0. The van der Waals surface area contributed by atoms with Crippen LogP contribution < -0.4 is 11.1 Å². The molecular weight excluding hydrogens is 302 g/mol. The van der Waals surface area contributed by atoms with E-state index in [0.29, 0.717) is 0 Å². The Morgan fingerprint density at radius 2 is 1.35 bits per heavy atom. The zero-order valence-electron chi connectivity index (χ0n) is 14.5. The summed E-state index contributed by atoms with van der Waals surface area (Å²) in [4.78, 5) is 5.67. The lowest BCUT2D eigenvalue weighted by molar-refractivity contribution is 0.291. The molecule has 3 aliphatic rings. The first kappa shape index (κ1) is 17.2. The second kappa shape index (κ2) is 9.03. The quantitative estimate of drug-likeness (QED) is 0.812. The van der Waals surface area contributed by atoms with Crippen molar-refractivity contribution in [3.8, 4) is 0 Å². The first-order valence-electron chi connectivity index (χ1n) is 9.81. The fourth-order valence-corrected chi connectivity index (χ4v) is 5.16. The summed E-state index contributed by atoms with van der Waals surface area (Å²) in [5, 5.41) is 4.60. The third-order valence-corrected chi connectivity index (χ3v) is 6.53. The number of thiazole rings is 1. The van der Waals surface area contributed by atoms with Gasteiger partial charge in [0.1, 0.15) is 0 Å². The molecule has 3 aliphatic carbocycles. The summed E-state index contributed by atoms with van der Waals surface area (Å²) in [6, 6.07) is 1.74. The van der Waals surface area contributed by atoms with E-state index in [1.54, 1.807) is 11.3 Å². The van der Waals surface area contributed by atoms with Gasteiger partial charge in [-0.1, -0.05) is 38.5 Å². The zero-order chi connectivity index (χ0) is 15.9. The summed E-state index contributed by atoms with van der Waals surface area (Å²) in [5.41, 5.74) is 6.82. The first-order chi connectivity index (χ1) is 11.3. The van der Waals surface area contributed by atoms with Gasteiger partial charge in [-0.05, 0) is 51.4 Å². The standard InChI is InChI=1S/C12H23N.C7H10N2S/c1-3-7-11(8-4-1)13-12-9-5-2-6-10-12;8-7-9-5-3-1-2-4-6(5)10-7/h11-13H,1-10H2;1-4H2,(H2,8,9). The van der Waals surface area contributed by atoms with E-state index in [1.807, 2.05) is 0 Å². The van der Waals surface area contributed by atoms with Crippen molar-refractivity contribution < 1.29 is 0 Å². The smallest absolute Gasteiger partial charge is 0.180 e. The summed E-state index contributed by atoms with van der Waals surface area (Å²) in [6.45, 7) is 0. The van der Waals surface area contributed by atoms with Gasteiger partial charge in [0.05, 0.1) is 5.69 Å². The van der Waals surface area contributed by atoms with E-state index in [2.05, 4.69) is 10.3 Å². The van der Waals surface area contributed by atoms with Gasteiger partial charge in [0, 0.05) is 17.0 Å². The van der Waals surface area contributed by atoms with Crippen LogP contribution in [-0.2, 0) is 12.8 Å². The molecule has 0 saturated heterocycles. The van der Waals surface area contributed by atoms with Crippen LogP contribution in [0.1, 0.15) is 87.6 Å². The number of nitrogens with two attached hydrogens (primary N) is 1. The van der Waals surface area contributed by atoms with Crippen molar-refractivity contribution >= 4 is 16.5 Å². The predicted octanol–water partition coefficient (Wildman–Crippen LogP) is 4.85. The van der Waals surface area contributed by atoms with Crippen molar-refractivity contribution in [2.45, 2.75) is 102 Å². The molecule has 0 radical (unpaired) electrons. The lowest BCUT2D eigenvalue weighted by Gasteiger charge is -2.30. The SMILES string of the molecule is C1CCC(NC2CCCCC2)CC1.Nc1nc2c(s1)CCCC2. The Labute approximate surface area is 145 Å². The average molecular weight is 336 g/mol. The van der Waals surface area contributed by atoms with E-state index >= 15 is 0 Å². The number of aryl methyl sites for hydroxylation is 2. The molecule has 0 amide bonds. The number of fused-ring (bicyclic) bond motifs is 1. The molecule has 0 bridgehead atoms. The Bertz CT molecular complexity index is 420. The number of anilines is 1. The fourth-order valence-electron chi connectivity index (χ4n) is 4.24. The van der Waals surface area contributed by atoms with Gasteiger partial charge in [-0.3, -0.25) is 0 Å². The highest BCUT2D eigenvalue weighted by Crippen LogP contribution is 2.27. The maximum atomic E-state index is 5.57. The van der Waals surface area contributed by atoms with Crippen molar-refractivity contribution in [2.75, 3.05) is 5.73 Å². The summed E-state index contributed by atoms with van der Waals surface area (Å²) in [6.07, 6.45) is 19.5. The zero-order valence-corrected chi connectivity index (χ0v) is 15.3. The first-order valence-corrected chi connectivity index (χ1v) is 10.6. The van der Waals surface area contributed by atoms with Crippen molar-refractivity contribution in [3.63, 3.8) is 0 Å². The molecule has 3 N–H and O–H groups in total. The Morgan fingerprint density at radius 3 is 1.91 bits per heavy atom. The Hall–Kier alpha value is -0.610. The molecule has 0 unspecified atom stereocenters. The van der Waals surface area contributed by atoms with Crippen LogP contribution in [0.25, 0.3) is 0 Å². The number of nitrogens with zero attached hydrogens (tertiary/aromatic N) is 1. The second-order valence-corrected chi connectivity index (χ2v) is 8.58. The van der Waals surface area contributed by atoms with Crippen LogP contribution in [0.15, 0.2) is 0 Å². The van der Waals surface area contributed by atoms with Gasteiger partial charge in [-0.15, -0.1) is 11.3 Å². The van der Waals surface area contributed by atoms with Crippen molar-refractivity contribution in [1.29, 1.82) is 0 Å². The minimum atomic E-state index is 0.743. The molecule has 1 aromatic heterocycles. The minimum Gasteiger partial charge on any atom is -0.375 e.